The fourth-order valence-electron chi connectivity index (χ4n) is 0.814. The molecule has 1 nitrogen and oxygen atoms in total. The summed E-state index contributed by atoms with van der Waals surface area (Å²) >= 11 is 0. The number of hydrogen-bond donors (Lipinski definition) is 1. The molecule has 0 bridgehead atoms. The first kappa shape index (κ1) is 7.29. The first-order chi connectivity index (χ1) is 4.84. The van der Waals surface area contributed by atoms with Gasteiger partial charge in [0, 0.05) is 5.92 Å². The number of hydrogen-bond acceptors (Lipinski definition) is 1. The van der Waals surface area contributed by atoms with Gasteiger partial charge in [0.05, 0.1) is 6.61 Å². The zero-order valence-corrected chi connectivity index (χ0v) is 6.04. The van der Waals surface area contributed by atoms with Crippen LogP contribution >= 0.6 is 0 Å². The summed E-state index contributed by atoms with van der Waals surface area (Å²) in [5, 5.41) is 8.75. The molecule has 0 saturated heterocycles. The lowest BCUT2D eigenvalue weighted by molar-refractivity contribution is 0.315. The van der Waals surface area contributed by atoms with Crippen molar-refractivity contribution in [2.24, 2.45) is 0 Å². The molecule has 0 aliphatic carbocycles. The Balaban J connectivity index is 2.75. The molecular formula is C9H11O. The lowest BCUT2D eigenvalue weighted by Gasteiger charge is -2.05. The fourth-order valence-corrected chi connectivity index (χ4v) is 0.814. The smallest absolute Gasteiger partial charge is 0.0534 e. The van der Waals surface area contributed by atoms with Gasteiger partial charge < -0.3 is 5.11 Å². The van der Waals surface area contributed by atoms with Gasteiger partial charge in [-0.1, -0.05) is 37.3 Å². The van der Waals surface area contributed by atoms with Crippen LogP contribution in [0.1, 0.15) is 12.5 Å². The Kier molecular flexibility index (Phi) is 2.46. The van der Waals surface area contributed by atoms with Crippen LogP contribution in [0.2, 0.25) is 0 Å². The topological polar surface area (TPSA) is 20.2 Å². The van der Waals surface area contributed by atoms with E-state index in [9.17, 15) is 0 Å². The van der Waals surface area contributed by atoms with E-state index in [2.05, 4.69) is 0 Å². The Labute approximate surface area is 61.3 Å². The summed E-state index contributed by atoms with van der Waals surface area (Å²) < 4.78 is 0. The standard InChI is InChI=1S/C9H11O/c1-8(7-10)9-5-3-2-4-6-9/h2-6,10H,7H2,1H3. The molecule has 0 spiro atoms. The second-order valence-electron chi connectivity index (χ2n) is 2.30. The number of benzene rings is 1. The highest BCUT2D eigenvalue weighted by Gasteiger charge is 2.01. The summed E-state index contributed by atoms with van der Waals surface area (Å²) in [5.41, 5.74) is 1.12. The molecule has 1 radical (unpaired) electrons. The molecule has 1 N–H and O–H groups in total. The zero-order valence-electron chi connectivity index (χ0n) is 6.04. The van der Waals surface area contributed by atoms with Crippen molar-refractivity contribution < 1.29 is 5.11 Å². The number of aliphatic hydroxyl groups excluding tert-OH is 1. The van der Waals surface area contributed by atoms with Crippen molar-refractivity contribution in [1.29, 1.82) is 0 Å². The highest BCUT2D eigenvalue weighted by Crippen LogP contribution is 2.11. The third kappa shape index (κ3) is 1.58. The minimum atomic E-state index is 0.143. The third-order valence-corrected chi connectivity index (χ3v) is 1.50. The average molecular weight is 135 g/mol. The van der Waals surface area contributed by atoms with Gasteiger partial charge in [-0.25, -0.2) is 0 Å². The normalized spacial score (nSPS) is 10.3. The van der Waals surface area contributed by atoms with Crippen molar-refractivity contribution in [2.75, 3.05) is 6.61 Å². The third-order valence-electron chi connectivity index (χ3n) is 1.50. The predicted molar refractivity (Wildman–Crippen MR) is 41.5 cm³/mol. The quantitative estimate of drug-likeness (QED) is 0.653. The molecule has 1 aromatic carbocycles. The Morgan fingerprint density at radius 1 is 1.30 bits per heavy atom. The molecule has 0 fully saturated rings. The summed E-state index contributed by atoms with van der Waals surface area (Å²) in [5.74, 6) is 1.01. The zero-order chi connectivity index (χ0) is 7.40. The van der Waals surface area contributed by atoms with E-state index in [1.807, 2.05) is 37.3 Å². The number of rotatable bonds is 2. The van der Waals surface area contributed by atoms with Crippen LogP contribution in [0.25, 0.3) is 0 Å². The molecule has 0 aliphatic rings. The Bertz CT molecular complexity index is 181. The van der Waals surface area contributed by atoms with Crippen molar-refractivity contribution in [1.82, 2.24) is 0 Å². The molecule has 1 heteroatoms. The maximum absolute atomic E-state index is 8.75. The van der Waals surface area contributed by atoms with Gasteiger partial charge in [0.1, 0.15) is 0 Å². The monoisotopic (exact) mass is 135 g/mol. The van der Waals surface area contributed by atoms with E-state index in [0.717, 1.165) is 11.5 Å². The van der Waals surface area contributed by atoms with Crippen LogP contribution in [0, 0.1) is 5.92 Å². The summed E-state index contributed by atoms with van der Waals surface area (Å²) in [6.07, 6.45) is 0. The van der Waals surface area contributed by atoms with Crippen molar-refractivity contribution >= 4 is 0 Å². The highest BCUT2D eigenvalue weighted by molar-refractivity contribution is 5.28. The van der Waals surface area contributed by atoms with E-state index >= 15 is 0 Å². The van der Waals surface area contributed by atoms with Gasteiger partial charge in [-0.3, -0.25) is 0 Å². The Hall–Kier alpha value is -0.820. The first-order valence-electron chi connectivity index (χ1n) is 3.33. The first-order valence-corrected chi connectivity index (χ1v) is 3.33. The van der Waals surface area contributed by atoms with E-state index in [0.29, 0.717) is 0 Å². The molecular weight excluding hydrogens is 124 g/mol. The molecule has 0 aromatic heterocycles. The fraction of sp³-hybridized carbons (Fsp3) is 0.222. The van der Waals surface area contributed by atoms with Gasteiger partial charge in [0.25, 0.3) is 0 Å². The van der Waals surface area contributed by atoms with Gasteiger partial charge in [-0.15, -0.1) is 0 Å². The largest absolute Gasteiger partial charge is 0.395 e. The van der Waals surface area contributed by atoms with Crippen molar-refractivity contribution in [3.05, 3.63) is 41.8 Å². The SMILES string of the molecule is C[C](CO)c1ccccc1. The molecule has 0 amide bonds. The lowest BCUT2D eigenvalue weighted by Crippen LogP contribution is -1.98. The maximum atomic E-state index is 8.75. The molecule has 0 saturated carbocycles. The Morgan fingerprint density at radius 2 is 1.90 bits per heavy atom. The minimum absolute atomic E-state index is 0.143. The number of aliphatic hydroxyl groups is 1. The Morgan fingerprint density at radius 3 is 2.40 bits per heavy atom. The van der Waals surface area contributed by atoms with Crippen LogP contribution in [0.3, 0.4) is 0 Å². The maximum Gasteiger partial charge on any atom is 0.0534 e. The van der Waals surface area contributed by atoms with E-state index in [1.165, 1.54) is 0 Å². The van der Waals surface area contributed by atoms with Crippen LogP contribution in [0.5, 0.6) is 0 Å². The van der Waals surface area contributed by atoms with E-state index < -0.39 is 0 Å². The summed E-state index contributed by atoms with van der Waals surface area (Å²) in [6, 6.07) is 9.88. The van der Waals surface area contributed by atoms with Crippen molar-refractivity contribution in [2.45, 2.75) is 6.92 Å². The van der Waals surface area contributed by atoms with Crippen LogP contribution in [0.4, 0.5) is 0 Å². The highest BCUT2D eigenvalue weighted by atomic mass is 16.3. The van der Waals surface area contributed by atoms with Crippen LogP contribution in [-0.2, 0) is 0 Å². The summed E-state index contributed by atoms with van der Waals surface area (Å²) in [4.78, 5) is 0. The molecule has 10 heavy (non-hydrogen) atoms. The predicted octanol–water partition coefficient (Wildman–Crippen LogP) is 1.62. The van der Waals surface area contributed by atoms with E-state index in [4.69, 9.17) is 5.11 Å². The van der Waals surface area contributed by atoms with E-state index in [1.54, 1.807) is 0 Å². The van der Waals surface area contributed by atoms with Gasteiger partial charge in [0.2, 0.25) is 0 Å². The molecule has 53 valence electrons. The summed E-state index contributed by atoms with van der Waals surface area (Å²) in [6.45, 7) is 2.07. The second kappa shape index (κ2) is 3.37. The molecule has 1 rings (SSSR count). The van der Waals surface area contributed by atoms with Crippen LogP contribution < -0.4 is 0 Å². The molecule has 1 aromatic rings. The van der Waals surface area contributed by atoms with Crippen molar-refractivity contribution in [3.63, 3.8) is 0 Å². The second-order valence-corrected chi connectivity index (χ2v) is 2.30. The summed E-state index contributed by atoms with van der Waals surface area (Å²) in [7, 11) is 0. The molecule has 0 unspecified atom stereocenters. The van der Waals surface area contributed by atoms with Gasteiger partial charge >= 0.3 is 0 Å². The van der Waals surface area contributed by atoms with Gasteiger partial charge in [0.15, 0.2) is 0 Å². The molecule has 0 aliphatic heterocycles. The lowest BCUT2D eigenvalue weighted by atomic mass is 10.0. The molecule has 0 atom stereocenters. The van der Waals surface area contributed by atoms with Gasteiger partial charge in [-0.05, 0) is 5.56 Å². The van der Waals surface area contributed by atoms with Crippen LogP contribution in [0.15, 0.2) is 30.3 Å². The van der Waals surface area contributed by atoms with Gasteiger partial charge in [-0.2, -0.15) is 0 Å². The molecule has 0 heterocycles. The minimum Gasteiger partial charge on any atom is -0.395 e. The average Bonchev–Trinajstić information content (AvgIpc) is 2.05. The van der Waals surface area contributed by atoms with E-state index in [-0.39, 0.29) is 6.61 Å². The van der Waals surface area contributed by atoms with Crippen LogP contribution in [-0.4, -0.2) is 11.7 Å². The van der Waals surface area contributed by atoms with Crippen molar-refractivity contribution in [3.8, 4) is 0 Å².